The van der Waals surface area contributed by atoms with Crippen molar-refractivity contribution in [1.82, 2.24) is 9.29 Å². The summed E-state index contributed by atoms with van der Waals surface area (Å²) in [6.07, 6.45) is 3.60. The molecule has 11 heteroatoms. The lowest BCUT2D eigenvalue weighted by Crippen LogP contribution is -2.32. The number of rotatable bonds is 8. The Morgan fingerprint density at radius 3 is 2.48 bits per heavy atom. The van der Waals surface area contributed by atoms with Crippen LogP contribution in [0, 0.1) is 0 Å². The van der Waals surface area contributed by atoms with Crippen LogP contribution in [0.4, 0.5) is 5.13 Å². The molecule has 9 nitrogen and oxygen atoms in total. The maximum atomic E-state index is 13.3. The van der Waals surface area contributed by atoms with E-state index in [1.807, 2.05) is 6.92 Å². The van der Waals surface area contributed by atoms with Gasteiger partial charge in [0.1, 0.15) is 17.3 Å². The van der Waals surface area contributed by atoms with E-state index in [1.54, 1.807) is 5.38 Å². The summed E-state index contributed by atoms with van der Waals surface area (Å²) < 4.78 is 38.6. The molecule has 1 aliphatic rings. The number of benzene rings is 1. The first kappa shape index (κ1) is 25.1. The Hall–Kier alpha value is -2.50. The number of thiazole rings is 1. The van der Waals surface area contributed by atoms with E-state index in [1.165, 1.54) is 52.8 Å². The number of carbonyl (C=O) groups excluding carboxylic acids is 2. The molecule has 1 aromatic carbocycles. The van der Waals surface area contributed by atoms with Gasteiger partial charge in [0.15, 0.2) is 5.13 Å². The molecule has 0 saturated carbocycles. The van der Waals surface area contributed by atoms with Crippen molar-refractivity contribution in [3.63, 3.8) is 0 Å². The van der Waals surface area contributed by atoms with Gasteiger partial charge < -0.3 is 9.47 Å². The van der Waals surface area contributed by atoms with E-state index in [4.69, 9.17) is 9.47 Å². The Morgan fingerprint density at radius 2 is 1.88 bits per heavy atom. The average Bonchev–Trinajstić information content (AvgIpc) is 3.07. The number of hydrogen-bond acceptors (Lipinski definition) is 8. The van der Waals surface area contributed by atoms with Crippen LogP contribution in [0.2, 0.25) is 0 Å². The van der Waals surface area contributed by atoms with Gasteiger partial charge >= 0.3 is 5.97 Å². The van der Waals surface area contributed by atoms with Crippen LogP contribution >= 0.6 is 11.3 Å². The zero-order chi connectivity index (χ0) is 24.0. The Bertz CT molecular complexity index is 1090. The molecular formula is C22H29N3O6S2. The van der Waals surface area contributed by atoms with Crippen LogP contribution in [0.15, 0.2) is 28.5 Å². The Kier molecular flexibility index (Phi) is 8.44. The lowest BCUT2D eigenvalue weighted by molar-refractivity contribution is -0.116. The fourth-order valence-electron chi connectivity index (χ4n) is 3.63. The SMILES string of the molecule is CCN(C(C)=O)c1nc(COC(=O)c2ccc(OC)c(S(=O)(=O)N3CCCCCC3)c2)cs1. The van der Waals surface area contributed by atoms with Gasteiger partial charge in [0, 0.05) is 31.9 Å². The second-order valence-corrected chi connectivity index (χ2v) is 10.4. The highest BCUT2D eigenvalue weighted by molar-refractivity contribution is 7.89. The van der Waals surface area contributed by atoms with Crippen molar-refractivity contribution in [1.29, 1.82) is 0 Å². The van der Waals surface area contributed by atoms with Crippen molar-refractivity contribution in [3.8, 4) is 5.75 Å². The van der Waals surface area contributed by atoms with Crippen molar-refractivity contribution in [2.24, 2.45) is 0 Å². The molecule has 0 N–H and O–H groups in total. The van der Waals surface area contributed by atoms with E-state index in [0.29, 0.717) is 30.5 Å². The number of amides is 1. The molecule has 33 heavy (non-hydrogen) atoms. The van der Waals surface area contributed by atoms with Crippen LogP contribution in [0.25, 0.3) is 0 Å². The number of hydrogen-bond donors (Lipinski definition) is 0. The van der Waals surface area contributed by atoms with Crippen LogP contribution < -0.4 is 9.64 Å². The number of ether oxygens (including phenoxy) is 2. The number of aromatic nitrogens is 1. The molecule has 1 aromatic heterocycles. The molecule has 0 aliphatic carbocycles. The van der Waals surface area contributed by atoms with E-state index in [-0.39, 0.29) is 28.7 Å². The highest BCUT2D eigenvalue weighted by Gasteiger charge is 2.29. The average molecular weight is 496 g/mol. The molecule has 1 amide bonds. The predicted octanol–water partition coefficient (Wildman–Crippen LogP) is 3.45. The van der Waals surface area contributed by atoms with Crippen molar-refractivity contribution < 1.29 is 27.5 Å². The van der Waals surface area contributed by atoms with Gasteiger partial charge in [-0.15, -0.1) is 11.3 Å². The summed E-state index contributed by atoms with van der Waals surface area (Å²) >= 11 is 1.29. The highest BCUT2D eigenvalue weighted by Crippen LogP contribution is 2.30. The van der Waals surface area contributed by atoms with E-state index in [9.17, 15) is 18.0 Å². The minimum atomic E-state index is -3.82. The molecule has 1 aliphatic heterocycles. The summed E-state index contributed by atoms with van der Waals surface area (Å²) in [5.41, 5.74) is 0.618. The Labute approximate surface area is 198 Å². The zero-order valence-corrected chi connectivity index (χ0v) is 20.7. The maximum absolute atomic E-state index is 13.3. The lowest BCUT2D eigenvalue weighted by Gasteiger charge is -2.21. The van der Waals surface area contributed by atoms with Gasteiger partial charge in [0.25, 0.3) is 0 Å². The quantitative estimate of drug-likeness (QED) is 0.517. The van der Waals surface area contributed by atoms with Gasteiger partial charge in [-0.25, -0.2) is 18.2 Å². The summed E-state index contributed by atoms with van der Waals surface area (Å²) in [6, 6.07) is 4.25. The first-order chi connectivity index (χ1) is 15.8. The van der Waals surface area contributed by atoms with Crippen molar-refractivity contribution >= 4 is 38.4 Å². The molecule has 0 unspecified atom stereocenters. The summed E-state index contributed by atoms with van der Waals surface area (Å²) in [6.45, 7) is 4.60. The van der Waals surface area contributed by atoms with Crippen LogP contribution in [0.1, 0.15) is 55.6 Å². The maximum Gasteiger partial charge on any atom is 0.338 e. The third-order valence-electron chi connectivity index (χ3n) is 5.40. The third kappa shape index (κ3) is 5.90. The molecule has 0 atom stereocenters. The van der Waals surface area contributed by atoms with Gasteiger partial charge in [-0.2, -0.15) is 4.31 Å². The van der Waals surface area contributed by atoms with Crippen LogP contribution in [-0.2, 0) is 26.2 Å². The Morgan fingerprint density at radius 1 is 1.18 bits per heavy atom. The fourth-order valence-corrected chi connectivity index (χ4v) is 6.24. The van der Waals surface area contributed by atoms with Crippen molar-refractivity contribution in [2.45, 2.75) is 51.0 Å². The first-order valence-corrected chi connectivity index (χ1v) is 13.2. The minimum absolute atomic E-state index is 0.0441. The number of esters is 1. The van der Waals surface area contributed by atoms with Crippen LogP contribution in [-0.4, -0.2) is 56.3 Å². The van der Waals surface area contributed by atoms with E-state index >= 15 is 0 Å². The monoisotopic (exact) mass is 495 g/mol. The Balaban J connectivity index is 1.76. The van der Waals surface area contributed by atoms with Crippen LogP contribution in [0.5, 0.6) is 5.75 Å². The number of anilines is 1. The van der Waals surface area contributed by atoms with Gasteiger partial charge in [0.05, 0.1) is 18.4 Å². The number of methoxy groups -OCH3 is 1. The zero-order valence-electron chi connectivity index (χ0n) is 19.1. The van der Waals surface area contributed by atoms with Crippen molar-refractivity contribution in [3.05, 3.63) is 34.8 Å². The molecule has 180 valence electrons. The van der Waals surface area contributed by atoms with Crippen LogP contribution in [0.3, 0.4) is 0 Å². The van der Waals surface area contributed by atoms with E-state index in [2.05, 4.69) is 4.98 Å². The second kappa shape index (κ2) is 11.1. The normalized spacial score (nSPS) is 15.0. The van der Waals surface area contributed by atoms with Gasteiger partial charge in [-0.05, 0) is 38.0 Å². The number of sulfonamides is 1. The fraction of sp³-hybridized carbons (Fsp3) is 0.500. The summed E-state index contributed by atoms with van der Waals surface area (Å²) in [4.78, 5) is 30.2. The molecule has 0 spiro atoms. The largest absolute Gasteiger partial charge is 0.495 e. The highest BCUT2D eigenvalue weighted by atomic mass is 32.2. The third-order valence-corrected chi connectivity index (χ3v) is 8.23. The molecule has 1 saturated heterocycles. The summed E-state index contributed by atoms with van der Waals surface area (Å²) in [5.74, 6) is -0.603. The topological polar surface area (TPSA) is 106 Å². The molecule has 3 rings (SSSR count). The molecule has 2 heterocycles. The van der Waals surface area contributed by atoms with Gasteiger partial charge in [-0.3, -0.25) is 9.69 Å². The number of carbonyl (C=O) groups is 2. The standard InChI is InChI=1S/C22H29N3O6S2/c1-4-25(16(2)26)22-23-18(15-32-22)14-31-21(27)17-9-10-19(30-3)20(13-17)33(28,29)24-11-7-5-6-8-12-24/h9-10,13,15H,4-8,11-12,14H2,1-3H3. The smallest absolute Gasteiger partial charge is 0.338 e. The molecule has 0 bridgehead atoms. The summed E-state index contributed by atoms with van der Waals surface area (Å²) in [7, 11) is -2.42. The number of nitrogens with zero attached hydrogens (tertiary/aromatic N) is 3. The first-order valence-electron chi connectivity index (χ1n) is 10.9. The molecule has 2 aromatic rings. The molecule has 0 radical (unpaired) electrons. The lowest BCUT2D eigenvalue weighted by atomic mass is 10.2. The van der Waals surface area contributed by atoms with Gasteiger partial charge in [0.2, 0.25) is 15.9 Å². The molecule has 1 fully saturated rings. The summed E-state index contributed by atoms with van der Waals surface area (Å²) in [5, 5.41) is 2.25. The minimum Gasteiger partial charge on any atom is -0.495 e. The predicted molar refractivity (Wildman–Crippen MR) is 125 cm³/mol. The molecular weight excluding hydrogens is 466 g/mol. The van der Waals surface area contributed by atoms with Crippen molar-refractivity contribution in [2.75, 3.05) is 31.6 Å². The van der Waals surface area contributed by atoms with Gasteiger partial charge in [-0.1, -0.05) is 12.8 Å². The van der Waals surface area contributed by atoms with E-state index in [0.717, 1.165) is 25.7 Å². The second-order valence-electron chi connectivity index (χ2n) is 7.64. The van der Waals surface area contributed by atoms with E-state index < -0.39 is 16.0 Å².